The minimum absolute atomic E-state index is 0.361. The smallest absolute Gasteiger partial charge is 0.268 e. The van der Waals surface area contributed by atoms with Crippen LogP contribution < -0.4 is 17.0 Å². The fraction of sp³-hybridized carbons (Fsp3) is 0. The summed E-state index contributed by atoms with van der Waals surface area (Å²) in [7, 11) is 0. The highest BCUT2D eigenvalue weighted by Crippen LogP contribution is 2.21. The van der Waals surface area contributed by atoms with Crippen molar-refractivity contribution in [1.29, 1.82) is 0 Å². The zero-order valence-corrected chi connectivity index (χ0v) is 7.76. The lowest BCUT2D eigenvalue weighted by atomic mass is 10.2. The molecule has 0 radical (unpaired) electrons. The first kappa shape index (κ1) is 9.02. The average Bonchev–Trinajstić information content (AvgIpc) is 2.03. The van der Waals surface area contributed by atoms with Crippen molar-refractivity contribution in [3.63, 3.8) is 0 Å². The number of hydrogen-bond acceptors (Lipinski definition) is 3. The molecular weight excluding hydrogens is 222 g/mol. The highest BCUT2D eigenvalue weighted by Gasteiger charge is 2.11. The van der Waals surface area contributed by atoms with E-state index in [4.69, 9.17) is 11.6 Å². The molecule has 0 aromatic heterocycles. The van der Waals surface area contributed by atoms with Gasteiger partial charge in [-0.15, -0.1) is 0 Å². The van der Waals surface area contributed by atoms with Crippen LogP contribution in [-0.2, 0) is 0 Å². The first-order valence-electron chi connectivity index (χ1n) is 3.21. The van der Waals surface area contributed by atoms with Crippen molar-refractivity contribution < 1.29 is 4.79 Å². The highest BCUT2D eigenvalue weighted by atomic mass is 79.9. The van der Waals surface area contributed by atoms with Gasteiger partial charge in [-0.3, -0.25) is 10.2 Å². The Bertz CT molecular complexity index is 293. The maximum absolute atomic E-state index is 11.1. The molecule has 0 unspecified atom stereocenters. The Morgan fingerprint density at radius 3 is 2.67 bits per heavy atom. The zero-order valence-electron chi connectivity index (χ0n) is 6.17. The van der Waals surface area contributed by atoms with Crippen molar-refractivity contribution in [2.75, 3.05) is 5.73 Å². The van der Waals surface area contributed by atoms with E-state index in [0.717, 1.165) is 0 Å². The van der Waals surface area contributed by atoms with Gasteiger partial charge < -0.3 is 5.73 Å². The van der Waals surface area contributed by atoms with E-state index in [2.05, 4.69) is 15.9 Å². The molecule has 1 aromatic carbocycles. The van der Waals surface area contributed by atoms with Crippen LogP contribution in [0.3, 0.4) is 0 Å². The predicted molar refractivity (Wildman–Crippen MR) is 50.2 cm³/mol. The van der Waals surface area contributed by atoms with Gasteiger partial charge in [-0.2, -0.15) is 0 Å². The summed E-state index contributed by atoms with van der Waals surface area (Å²) in [4.78, 5) is 11.1. The Hall–Kier alpha value is -1.07. The molecule has 0 atom stereocenters. The van der Waals surface area contributed by atoms with Crippen molar-refractivity contribution in [3.8, 4) is 0 Å². The Morgan fingerprint density at radius 2 is 2.17 bits per heavy atom. The second kappa shape index (κ2) is 3.55. The quantitative estimate of drug-likeness (QED) is 0.286. The molecule has 5 N–H and O–H groups in total. The van der Waals surface area contributed by atoms with E-state index in [9.17, 15) is 4.79 Å². The molecule has 1 amide bonds. The van der Waals surface area contributed by atoms with Crippen LogP contribution >= 0.6 is 15.9 Å². The summed E-state index contributed by atoms with van der Waals surface area (Å²) >= 11 is 3.19. The molecule has 0 fully saturated rings. The van der Waals surface area contributed by atoms with Crippen LogP contribution in [0.5, 0.6) is 0 Å². The first-order valence-corrected chi connectivity index (χ1v) is 4.01. The van der Waals surface area contributed by atoms with Gasteiger partial charge >= 0.3 is 0 Å². The van der Waals surface area contributed by atoms with E-state index in [0.29, 0.717) is 15.7 Å². The number of halogens is 1. The van der Waals surface area contributed by atoms with Crippen LogP contribution in [0.15, 0.2) is 22.7 Å². The van der Waals surface area contributed by atoms with Crippen LogP contribution in [0, 0.1) is 0 Å². The van der Waals surface area contributed by atoms with Crippen LogP contribution in [0.2, 0.25) is 0 Å². The molecule has 0 saturated heterocycles. The molecule has 64 valence electrons. The van der Waals surface area contributed by atoms with Crippen molar-refractivity contribution in [1.82, 2.24) is 5.43 Å². The second-order valence-electron chi connectivity index (χ2n) is 2.18. The fourth-order valence-corrected chi connectivity index (χ4v) is 1.41. The van der Waals surface area contributed by atoms with Gasteiger partial charge in [-0.1, -0.05) is 6.07 Å². The molecule has 0 spiro atoms. The Kier molecular flexibility index (Phi) is 2.67. The zero-order chi connectivity index (χ0) is 9.14. The average molecular weight is 230 g/mol. The normalized spacial score (nSPS) is 9.50. The predicted octanol–water partition coefficient (Wildman–Crippen LogP) is 0.635. The molecule has 12 heavy (non-hydrogen) atoms. The van der Waals surface area contributed by atoms with Crippen LogP contribution in [-0.4, -0.2) is 5.91 Å². The molecule has 1 aromatic rings. The molecular formula is C7H8BrN3O. The number of benzene rings is 1. The van der Waals surface area contributed by atoms with Gasteiger partial charge in [0.2, 0.25) is 0 Å². The minimum atomic E-state index is -0.403. The summed E-state index contributed by atoms with van der Waals surface area (Å²) in [6, 6.07) is 5.10. The summed E-state index contributed by atoms with van der Waals surface area (Å²) in [5.74, 6) is 4.56. The van der Waals surface area contributed by atoms with Gasteiger partial charge in [0, 0.05) is 10.2 Å². The number of rotatable bonds is 1. The number of hydrazine groups is 1. The summed E-state index contributed by atoms with van der Waals surface area (Å²) in [6.45, 7) is 0. The Labute approximate surface area is 78.0 Å². The van der Waals surface area contributed by atoms with Crippen LogP contribution in [0.25, 0.3) is 0 Å². The minimum Gasteiger partial charge on any atom is -0.398 e. The third-order valence-electron chi connectivity index (χ3n) is 1.40. The number of carbonyl (C=O) groups is 1. The van der Waals surface area contributed by atoms with E-state index in [-0.39, 0.29) is 0 Å². The van der Waals surface area contributed by atoms with Crippen LogP contribution in [0.1, 0.15) is 10.4 Å². The van der Waals surface area contributed by atoms with E-state index >= 15 is 0 Å². The summed E-state index contributed by atoms with van der Waals surface area (Å²) in [6.07, 6.45) is 0. The fourth-order valence-electron chi connectivity index (χ4n) is 0.853. The first-order chi connectivity index (χ1) is 5.66. The molecule has 0 heterocycles. The standard InChI is InChI=1S/C7H8BrN3O/c8-4-2-1-3-5(9)6(4)7(12)11-10/h1-3H,9-10H2,(H,11,12). The lowest BCUT2D eigenvalue weighted by Gasteiger charge is -2.05. The van der Waals surface area contributed by atoms with Crippen molar-refractivity contribution in [3.05, 3.63) is 28.2 Å². The van der Waals surface area contributed by atoms with Gasteiger partial charge in [0.1, 0.15) is 0 Å². The number of anilines is 1. The summed E-state index contributed by atoms with van der Waals surface area (Å²) < 4.78 is 0.630. The topological polar surface area (TPSA) is 81.1 Å². The highest BCUT2D eigenvalue weighted by molar-refractivity contribution is 9.10. The summed E-state index contributed by atoms with van der Waals surface area (Å²) in [5.41, 5.74) is 8.32. The molecule has 0 aliphatic carbocycles. The second-order valence-corrected chi connectivity index (χ2v) is 3.03. The van der Waals surface area contributed by atoms with E-state index in [1.807, 2.05) is 5.43 Å². The lowest BCUT2D eigenvalue weighted by Crippen LogP contribution is -2.30. The summed E-state index contributed by atoms with van der Waals surface area (Å²) in [5, 5.41) is 0. The molecule has 0 saturated carbocycles. The van der Waals surface area contributed by atoms with Gasteiger partial charge in [-0.05, 0) is 28.1 Å². The van der Waals surface area contributed by atoms with E-state index < -0.39 is 5.91 Å². The number of hydrogen-bond donors (Lipinski definition) is 3. The number of nitrogens with one attached hydrogen (secondary N) is 1. The number of amides is 1. The Balaban J connectivity index is 3.21. The van der Waals surface area contributed by atoms with Gasteiger partial charge in [0.25, 0.3) is 5.91 Å². The third-order valence-corrected chi connectivity index (χ3v) is 2.06. The van der Waals surface area contributed by atoms with E-state index in [1.54, 1.807) is 18.2 Å². The maximum Gasteiger partial charge on any atom is 0.268 e. The molecule has 0 bridgehead atoms. The molecule has 1 rings (SSSR count). The van der Waals surface area contributed by atoms with Crippen molar-refractivity contribution >= 4 is 27.5 Å². The molecule has 4 nitrogen and oxygen atoms in total. The van der Waals surface area contributed by atoms with Gasteiger partial charge in [-0.25, -0.2) is 5.84 Å². The molecule has 0 aliphatic heterocycles. The maximum atomic E-state index is 11.1. The third kappa shape index (κ3) is 1.57. The lowest BCUT2D eigenvalue weighted by molar-refractivity contribution is 0.0954. The van der Waals surface area contributed by atoms with Crippen molar-refractivity contribution in [2.45, 2.75) is 0 Å². The number of carbonyl (C=O) groups excluding carboxylic acids is 1. The number of nitrogens with two attached hydrogens (primary N) is 2. The van der Waals surface area contributed by atoms with Crippen LogP contribution in [0.4, 0.5) is 5.69 Å². The van der Waals surface area contributed by atoms with Gasteiger partial charge in [0.05, 0.1) is 5.56 Å². The molecule has 0 aliphatic rings. The van der Waals surface area contributed by atoms with E-state index in [1.165, 1.54) is 0 Å². The SMILES string of the molecule is NNC(=O)c1c(N)cccc1Br. The largest absolute Gasteiger partial charge is 0.398 e. The monoisotopic (exact) mass is 229 g/mol. The van der Waals surface area contributed by atoms with Gasteiger partial charge in [0.15, 0.2) is 0 Å². The Morgan fingerprint density at radius 1 is 1.50 bits per heavy atom. The molecule has 5 heteroatoms. The number of nitrogen functional groups attached to an aromatic ring is 2. The van der Waals surface area contributed by atoms with Crippen molar-refractivity contribution in [2.24, 2.45) is 5.84 Å².